The Bertz CT molecular complexity index is 445. The summed E-state index contributed by atoms with van der Waals surface area (Å²) in [5.41, 5.74) is 0.726. The minimum absolute atomic E-state index is 0.265. The maximum absolute atomic E-state index is 11.8. The summed E-state index contributed by atoms with van der Waals surface area (Å²) in [4.78, 5) is 18.4. The second kappa shape index (κ2) is 7.09. The van der Waals surface area contributed by atoms with Crippen LogP contribution in [0.25, 0.3) is 0 Å². The molecule has 6 nitrogen and oxygen atoms in total. The van der Waals surface area contributed by atoms with Crippen LogP contribution >= 0.6 is 0 Å². The molecule has 1 saturated heterocycles. The van der Waals surface area contributed by atoms with E-state index in [-0.39, 0.29) is 6.03 Å². The van der Waals surface area contributed by atoms with Gasteiger partial charge in [-0.2, -0.15) is 0 Å². The number of urea groups is 1. The Hall–Kier alpha value is -1.82. The SMILES string of the molecule is CC(O)CCNC(=O)Nc1cccnc1N1CCCC1. The van der Waals surface area contributed by atoms with Crippen LogP contribution in [0.15, 0.2) is 18.3 Å². The second-order valence-corrected chi connectivity index (χ2v) is 5.09. The normalized spacial score (nSPS) is 16.0. The number of aliphatic hydroxyl groups excluding tert-OH is 1. The van der Waals surface area contributed by atoms with Gasteiger partial charge in [0.25, 0.3) is 0 Å². The minimum atomic E-state index is -0.408. The van der Waals surface area contributed by atoms with Crippen molar-refractivity contribution in [2.24, 2.45) is 0 Å². The molecule has 110 valence electrons. The van der Waals surface area contributed by atoms with E-state index in [4.69, 9.17) is 5.11 Å². The zero-order valence-corrected chi connectivity index (χ0v) is 11.8. The Morgan fingerprint density at radius 2 is 2.25 bits per heavy atom. The molecule has 2 rings (SSSR count). The van der Waals surface area contributed by atoms with Crippen LogP contribution in [0, 0.1) is 0 Å². The number of amides is 2. The number of rotatable bonds is 5. The standard InChI is InChI=1S/C14H22N4O2/c1-11(19)6-8-16-14(20)17-12-5-4-7-15-13(12)18-9-2-3-10-18/h4-5,7,11,19H,2-3,6,8-10H2,1H3,(H2,16,17,20). The number of carbonyl (C=O) groups is 1. The van der Waals surface area contributed by atoms with E-state index in [9.17, 15) is 4.79 Å². The molecule has 1 unspecified atom stereocenters. The van der Waals surface area contributed by atoms with Gasteiger partial charge in [-0.15, -0.1) is 0 Å². The monoisotopic (exact) mass is 278 g/mol. The topological polar surface area (TPSA) is 77.5 Å². The maximum atomic E-state index is 11.8. The highest BCUT2D eigenvalue weighted by molar-refractivity contribution is 5.92. The number of hydrogen-bond acceptors (Lipinski definition) is 4. The van der Waals surface area contributed by atoms with E-state index in [1.54, 1.807) is 13.1 Å². The van der Waals surface area contributed by atoms with Gasteiger partial charge in [-0.1, -0.05) is 0 Å². The summed E-state index contributed by atoms with van der Waals surface area (Å²) in [6.07, 6.45) is 4.20. The third-order valence-corrected chi connectivity index (χ3v) is 3.29. The zero-order valence-electron chi connectivity index (χ0n) is 11.8. The molecule has 0 radical (unpaired) electrons. The van der Waals surface area contributed by atoms with E-state index in [0.29, 0.717) is 13.0 Å². The first-order chi connectivity index (χ1) is 9.66. The molecule has 1 aliphatic heterocycles. The van der Waals surface area contributed by atoms with Gasteiger partial charge in [0, 0.05) is 25.8 Å². The second-order valence-electron chi connectivity index (χ2n) is 5.09. The van der Waals surface area contributed by atoms with E-state index in [0.717, 1.165) is 37.4 Å². The highest BCUT2D eigenvalue weighted by Crippen LogP contribution is 2.25. The molecule has 2 amide bonds. The highest BCUT2D eigenvalue weighted by Gasteiger charge is 2.17. The molecular formula is C14H22N4O2. The van der Waals surface area contributed by atoms with Gasteiger partial charge in [-0.05, 0) is 38.3 Å². The summed E-state index contributed by atoms with van der Waals surface area (Å²) in [5, 5.41) is 14.7. The average molecular weight is 278 g/mol. The molecular weight excluding hydrogens is 256 g/mol. The van der Waals surface area contributed by atoms with Crippen LogP contribution in [-0.2, 0) is 0 Å². The van der Waals surface area contributed by atoms with Crippen LogP contribution in [0.5, 0.6) is 0 Å². The molecule has 1 aromatic heterocycles. The summed E-state index contributed by atoms with van der Waals surface area (Å²) in [5.74, 6) is 0.829. The molecule has 1 atom stereocenters. The average Bonchev–Trinajstić information content (AvgIpc) is 2.92. The summed E-state index contributed by atoms with van der Waals surface area (Å²) >= 11 is 0. The number of carbonyl (C=O) groups excluding carboxylic acids is 1. The first kappa shape index (κ1) is 14.6. The maximum Gasteiger partial charge on any atom is 0.319 e. The van der Waals surface area contributed by atoms with Crippen molar-refractivity contribution < 1.29 is 9.90 Å². The Kier molecular flexibility index (Phi) is 5.17. The van der Waals surface area contributed by atoms with Crippen molar-refractivity contribution in [3.05, 3.63) is 18.3 Å². The Labute approximate surface area is 119 Å². The van der Waals surface area contributed by atoms with Gasteiger partial charge in [0.05, 0.1) is 11.8 Å². The molecule has 20 heavy (non-hydrogen) atoms. The van der Waals surface area contributed by atoms with E-state index in [1.165, 1.54) is 0 Å². The third-order valence-electron chi connectivity index (χ3n) is 3.29. The molecule has 0 spiro atoms. The van der Waals surface area contributed by atoms with Crippen LogP contribution in [0.4, 0.5) is 16.3 Å². The number of anilines is 2. The predicted octanol–water partition coefficient (Wildman–Crippen LogP) is 1.57. The van der Waals surface area contributed by atoms with Crippen molar-refractivity contribution in [2.45, 2.75) is 32.3 Å². The van der Waals surface area contributed by atoms with E-state index in [1.807, 2.05) is 12.1 Å². The molecule has 1 aliphatic rings. The first-order valence-corrected chi connectivity index (χ1v) is 7.09. The molecule has 0 aliphatic carbocycles. The fourth-order valence-corrected chi connectivity index (χ4v) is 2.24. The molecule has 2 heterocycles. The molecule has 3 N–H and O–H groups in total. The van der Waals surface area contributed by atoms with Gasteiger partial charge in [-0.3, -0.25) is 0 Å². The lowest BCUT2D eigenvalue weighted by molar-refractivity contribution is 0.184. The van der Waals surface area contributed by atoms with Crippen molar-refractivity contribution in [3.8, 4) is 0 Å². The van der Waals surface area contributed by atoms with Gasteiger partial charge in [0.15, 0.2) is 5.82 Å². The first-order valence-electron chi connectivity index (χ1n) is 7.09. The van der Waals surface area contributed by atoms with Crippen molar-refractivity contribution >= 4 is 17.5 Å². The largest absolute Gasteiger partial charge is 0.393 e. The highest BCUT2D eigenvalue weighted by atomic mass is 16.3. The van der Waals surface area contributed by atoms with Crippen LogP contribution in [0.1, 0.15) is 26.2 Å². The van der Waals surface area contributed by atoms with Gasteiger partial charge in [0.2, 0.25) is 0 Å². The molecule has 0 bridgehead atoms. The summed E-state index contributed by atoms with van der Waals surface area (Å²) in [6, 6.07) is 3.40. The van der Waals surface area contributed by atoms with Crippen molar-refractivity contribution in [1.29, 1.82) is 0 Å². The fraction of sp³-hybridized carbons (Fsp3) is 0.571. The smallest absolute Gasteiger partial charge is 0.319 e. The van der Waals surface area contributed by atoms with Crippen LogP contribution in [-0.4, -0.2) is 41.9 Å². The summed E-state index contributed by atoms with van der Waals surface area (Å²) in [6.45, 7) is 4.11. The van der Waals surface area contributed by atoms with Gasteiger partial charge >= 0.3 is 6.03 Å². The van der Waals surface area contributed by atoms with Crippen molar-refractivity contribution in [1.82, 2.24) is 10.3 Å². The molecule has 1 fully saturated rings. The van der Waals surface area contributed by atoms with E-state index in [2.05, 4.69) is 20.5 Å². The predicted molar refractivity (Wildman–Crippen MR) is 79.0 cm³/mol. The van der Waals surface area contributed by atoms with Gasteiger partial charge in [0.1, 0.15) is 0 Å². The number of aliphatic hydroxyl groups is 1. The quantitative estimate of drug-likeness (QED) is 0.764. The van der Waals surface area contributed by atoms with Gasteiger partial charge < -0.3 is 20.6 Å². The minimum Gasteiger partial charge on any atom is -0.393 e. The van der Waals surface area contributed by atoms with E-state index < -0.39 is 6.10 Å². The van der Waals surface area contributed by atoms with Crippen LogP contribution in [0.3, 0.4) is 0 Å². The third kappa shape index (κ3) is 4.09. The number of aromatic nitrogens is 1. The molecule has 0 saturated carbocycles. The Morgan fingerprint density at radius 3 is 2.95 bits per heavy atom. The lowest BCUT2D eigenvalue weighted by atomic mass is 10.3. The van der Waals surface area contributed by atoms with E-state index >= 15 is 0 Å². The van der Waals surface area contributed by atoms with Crippen LogP contribution < -0.4 is 15.5 Å². The number of hydrogen-bond donors (Lipinski definition) is 3. The lowest BCUT2D eigenvalue weighted by Crippen LogP contribution is -2.32. The molecule has 1 aromatic rings. The summed E-state index contributed by atoms with van der Waals surface area (Å²) < 4.78 is 0. The van der Waals surface area contributed by atoms with Gasteiger partial charge in [-0.25, -0.2) is 9.78 Å². The zero-order chi connectivity index (χ0) is 14.4. The van der Waals surface area contributed by atoms with Crippen molar-refractivity contribution in [2.75, 3.05) is 29.9 Å². The number of pyridine rings is 1. The molecule has 6 heteroatoms. The summed E-state index contributed by atoms with van der Waals surface area (Å²) in [7, 11) is 0. The van der Waals surface area contributed by atoms with Crippen LogP contribution in [0.2, 0.25) is 0 Å². The Balaban J connectivity index is 1.93. The molecule has 0 aromatic carbocycles. The fourth-order valence-electron chi connectivity index (χ4n) is 2.24. The lowest BCUT2D eigenvalue weighted by Gasteiger charge is -2.20. The Morgan fingerprint density at radius 1 is 1.50 bits per heavy atom. The number of nitrogens with one attached hydrogen (secondary N) is 2. The number of nitrogens with zero attached hydrogens (tertiary/aromatic N) is 2. The van der Waals surface area contributed by atoms with Crippen molar-refractivity contribution in [3.63, 3.8) is 0 Å².